The van der Waals surface area contributed by atoms with E-state index >= 15 is 0 Å². The molecule has 0 aliphatic carbocycles. The maximum absolute atomic E-state index is 14.1. The highest BCUT2D eigenvalue weighted by Crippen LogP contribution is 2.28. The number of primary amides is 1. The molecule has 0 spiro atoms. The van der Waals surface area contributed by atoms with E-state index in [1.807, 2.05) is 62.5 Å². The second kappa shape index (κ2) is 18.3. The van der Waals surface area contributed by atoms with Crippen molar-refractivity contribution >= 4 is 52.1 Å². The number of carbonyl (C=O) groups is 3. The van der Waals surface area contributed by atoms with E-state index in [9.17, 15) is 14.4 Å². The van der Waals surface area contributed by atoms with Crippen LogP contribution >= 0.6 is 0 Å². The number of hydrazone groups is 1. The van der Waals surface area contributed by atoms with E-state index in [4.69, 9.17) is 25.9 Å². The Balaban J connectivity index is 1.49. The van der Waals surface area contributed by atoms with Gasteiger partial charge in [0.25, 0.3) is 11.8 Å². The molecule has 1 unspecified atom stereocenters. The molecule has 0 radical (unpaired) electrons. The maximum Gasteiger partial charge on any atom is 0.276 e. The van der Waals surface area contributed by atoms with Gasteiger partial charge in [-0.25, -0.2) is 4.98 Å². The molecule has 15 nitrogen and oxygen atoms in total. The summed E-state index contributed by atoms with van der Waals surface area (Å²) in [5.41, 5.74) is 12.1. The number of anilines is 2. The van der Waals surface area contributed by atoms with Gasteiger partial charge in [0.05, 0.1) is 16.9 Å². The molecule has 3 amide bonds. The lowest BCUT2D eigenvalue weighted by Gasteiger charge is -2.23. The van der Waals surface area contributed by atoms with Crippen molar-refractivity contribution in [3.63, 3.8) is 0 Å². The zero-order chi connectivity index (χ0) is 38.8. The van der Waals surface area contributed by atoms with Crippen molar-refractivity contribution in [1.82, 2.24) is 35.0 Å². The number of nitrogens with two attached hydrogens (primary N) is 1. The monoisotopic (exact) mass is 738 g/mol. The minimum Gasteiger partial charge on any atom is -0.386 e. The molecule has 288 valence electrons. The molecular formula is C39H54N12O3. The molecule has 2 aliphatic rings. The fraction of sp³-hybridized carbons (Fsp3) is 0.462. The Bertz CT molecular complexity index is 2020. The van der Waals surface area contributed by atoms with Gasteiger partial charge in [-0.05, 0) is 84.9 Å². The Hall–Kier alpha value is -5.73. The molecule has 0 bridgehead atoms. The summed E-state index contributed by atoms with van der Waals surface area (Å²) >= 11 is 0. The van der Waals surface area contributed by atoms with Crippen LogP contribution in [0.1, 0.15) is 88.0 Å². The number of nitrogens with zero attached hydrogens (tertiary/aromatic N) is 7. The van der Waals surface area contributed by atoms with Gasteiger partial charge in [-0.2, -0.15) is 10.2 Å². The molecule has 2 aliphatic heterocycles. The van der Waals surface area contributed by atoms with E-state index in [0.717, 1.165) is 53.0 Å². The van der Waals surface area contributed by atoms with Gasteiger partial charge in [-0.3, -0.25) is 39.7 Å². The number of para-hydroxylation sites is 1. The summed E-state index contributed by atoms with van der Waals surface area (Å²) in [5.74, 6) is -0.309. The quantitative estimate of drug-likeness (QED) is 0.177. The van der Waals surface area contributed by atoms with Crippen LogP contribution in [0.3, 0.4) is 0 Å². The van der Waals surface area contributed by atoms with E-state index in [1.165, 1.54) is 0 Å². The van der Waals surface area contributed by atoms with Crippen LogP contribution < -0.4 is 27.0 Å². The molecule has 54 heavy (non-hydrogen) atoms. The molecule has 6 N–H and O–H groups in total. The third-order valence-electron chi connectivity index (χ3n) is 9.62. The Morgan fingerprint density at radius 1 is 1.07 bits per heavy atom. The molecule has 2 aromatic heterocycles. The van der Waals surface area contributed by atoms with E-state index in [1.54, 1.807) is 35.9 Å². The van der Waals surface area contributed by atoms with Crippen LogP contribution in [0.5, 0.6) is 0 Å². The molecule has 0 saturated carbocycles. The van der Waals surface area contributed by atoms with Crippen LogP contribution in [0.25, 0.3) is 11.0 Å². The molecule has 1 aromatic carbocycles. The number of rotatable bonds is 6. The second-order valence-electron chi connectivity index (χ2n) is 13.5. The Labute approximate surface area is 316 Å². The Morgan fingerprint density at radius 2 is 1.87 bits per heavy atom. The lowest BCUT2D eigenvalue weighted by Crippen LogP contribution is -2.41. The van der Waals surface area contributed by atoms with Crippen LogP contribution in [0, 0.1) is 6.92 Å². The molecular weight excluding hydrogens is 685 g/mol. The van der Waals surface area contributed by atoms with E-state index in [0.29, 0.717) is 74.8 Å². The highest BCUT2D eigenvalue weighted by atomic mass is 16.2. The van der Waals surface area contributed by atoms with Gasteiger partial charge in [0.1, 0.15) is 17.3 Å². The number of carbonyl (C=O) groups excluding carboxylic acids is 3. The first-order valence-electron chi connectivity index (χ1n) is 18.9. The lowest BCUT2D eigenvalue weighted by atomic mass is 10.0. The summed E-state index contributed by atoms with van der Waals surface area (Å²) in [6.45, 7) is 11.6. The fourth-order valence-electron chi connectivity index (χ4n) is 6.89. The van der Waals surface area contributed by atoms with E-state index in [-0.39, 0.29) is 17.8 Å². The highest BCUT2D eigenvalue weighted by Gasteiger charge is 2.32. The molecule has 3 aromatic rings. The summed E-state index contributed by atoms with van der Waals surface area (Å²) in [5, 5.41) is 23.9. The molecule has 5 rings (SSSR count). The topological polar surface area (TPSA) is 189 Å². The number of aliphatic imine (C=N–C) groups is 1. The molecule has 0 saturated heterocycles. The number of allylic oxidation sites excluding steroid dienone is 3. The van der Waals surface area contributed by atoms with E-state index in [2.05, 4.69) is 21.3 Å². The van der Waals surface area contributed by atoms with Gasteiger partial charge in [0.2, 0.25) is 17.8 Å². The fourth-order valence-corrected chi connectivity index (χ4v) is 6.89. The number of nitrogens with one attached hydrogen (secondary N) is 4. The first-order valence-corrected chi connectivity index (χ1v) is 18.9. The van der Waals surface area contributed by atoms with Crippen molar-refractivity contribution in [1.29, 1.82) is 0 Å². The predicted molar refractivity (Wildman–Crippen MR) is 214 cm³/mol. The molecule has 1 atom stereocenters. The van der Waals surface area contributed by atoms with Crippen molar-refractivity contribution in [2.75, 3.05) is 30.8 Å². The zero-order valence-corrected chi connectivity index (χ0v) is 32.3. The standard InChI is InChI=1S/C39H54N12O3/c1-7-16-27(35(40)52)24-28(8-2)43-38-42-20-12-14-21-49-31-19-15-18-30(41-6)33(31)44-39(49)46-36(53)32-23-25(4)47-51(32)22-13-10-11-17-29-26(5)48-50(9-3)34(29)37(54)45-38/h7-8,15-16,18-19,24,32,41H,9-14,17,20-23H2,1-6H3,(H2,40,52)(H,44,46,53)(H2,42,43,45,54)/b16-7-,27-24+,28-8-. The second-order valence-corrected chi connectivity index (χ2v) is 13.5. The van der Waals surface area contributed by atoms with Crippen molar-refractivity contribution in [2.24, 2.45) is 15.8 Å². The first kappa shape index (κ1) is 39.5. The summed E-state index contributed by atoms with van der Waals surface area (Å²) in [7, 11) is 1.85. The average molecular weight is 739 g/mol. The number of fused-ring (bicyclic) bond motifs is 5. The third-order valence-corrected chi connectivity index (χ3v) is 9.62. The summed E-state index contributed by atoms with van der Waals surface area (Å²) in [6.07, 6.45) is 11.9. The third kappa shape index (κ3) is 9.25. The normalized spacial score (nSPS) is 18.6. The van der Waals surface area contributed by atoms with Crippen molar-refractivity contribution < 1.29 is 14.4 Å². The number of aromatic nitrogens is 4. The van der Waals surface area contributed by atoms with Gasteiger partial charge in [-0.1, -0.05) is 30.7 Å². The maximum atomic E-state index is 14.1. The number of benzene rings is 1. The smallest absolute Gasteiger partial charge is 0.276 e. The van der Waals surface area contributed by atoms with Gasteiger partial charge in [0.15, 0.2) is 0 Å². The molecule has 0 fully saturated rings. The average Bonchev–Trinajstić information content (AvgIpc) is 3.81. The zero-order valence-electron chi connectivity index (χ0n) is 32.3. The lowest BCUT2D eigenvalue weighted by molar-refractivity contribution is -0.120. The minimum absolute atomic E-state index is 0.135. The van der Waals surface area contributed by atoms with Crippen molar-refractivity contribution in [3.8, 4) is 0 Å². The van der Waals surface area contributed by atoms with Crippen LogP contribution in [0.2, 0.25) is 0 Å². The predicted octanol–water partition coefficient (Wildman–Crippen LogP) is 4.77. The van der Waals surface area contributed by atoms with E-state index < -0.39 is 11.9 Å². The van der Waals surface area contributed by atoms with Gasteiger partial charge in [-0.15, -0.1) is 0 Å². The number of aryl methyl sites for hydroxylation is 3. The molecule has 4 heterocycles. The van der Waals surface area contributed by atoms with Crippen LogP contribution in [-0.4, -0.2) is 79.9 Å². The summed E-state index contributed by atoms with van der Waals surface area (Å²) in [4.78, 5) is 49.8. The highest BCUT2D eigenvalue weighted by molar-refractivity contribution is 6.06. The number of imidazole rings is 1. The van der Waals surface area contributed by atoms with Gasteiger partial charge in [0, 0.05) is 62.2 Å². The van der Waals surface area contributed by atoms with Crippen LogP contribution in [0.15, 0.2) is 63.9 Å². The number of guanidine groups is 1. The Kier molecular flexibility index (Phi) is 13.4. The summed E-state index contributed by atoms with van der Waals surface area (Å²) in [6, 6.07) is 5.51. The van der Waals surface area contributed by atoms with Gasteiger partial charge >= 0.3 is 0 Å². The Morgan fingerprint density at radius 3 is 2.59 bits per heavy atom. The number of hydrogen-bond donors (Lipinski definition) is 5. The van der Waals surface area contributed by atoms with Crippen molar-refractivity contribution in [2.45, 2.75) is 98.7 Å². The molecule has 15 heteroatoms. The number of hydrogen-bond acceptors (Lipinski definition) is 10. The van der Waals surface area contributed by atoms with Crippen molar-refractivity contribution in [3.05, 3.63) is 70.7 Å². The number of amides is 3. The largest absolute Gasteiger partial charge is 0.386 e. The van der Waals surface area contributed by atoms with Crippen LogP contribution in [0.4, 0.5) is 11.6 Å². The minimum atomic E-state index is -0.577. The SMILES string of the molecule is C\C=C/C(=C\C(=C\C)NC1=NCCCCn2c(nc3c(NC)cccc32)NC(=O)C2CC(C)=NN2CCCCCc2c(C)nn(CC)c2C(=O)N1)C(N)=O. The van der Waals surface area contributed by atoms with Crippen LogP contribution in [-0.2, 0) is 29.1 Å². The first-order chi connectivity index (χ1) is 26.1. The van der Waals surface area contributed by atoms with Gasteiger partial charge < -0.3 is 20.9 Å². The summed E-state index contributed by atoms with van der Waals surface area (Å²) < 4.78 is 3.78.